The molecule has 64 valence electrons. The molecular formula is C8H4N2O3. The highest BCUT2D eigenvalue weighted by Crippen LogP contribution is 2.28. The molecule has 0 bridgehead atoms. The largest absolute Gasteiger partial charge is 0.287 e. The molecule has 0 saturated carbocycles. The number of hydrogen-bond donors (Lipinski definition) is 0. The normalized spacial score (nSPS) is 13.1. The lowest BCUT2D eigenvalue weighted by molar-refractivity contribution is -0.384. The van der Waals surface area contributed by atoms with Gasteiger partial charge < -0.3 is 0 Å². The molecule has 0 atom stereocenters. The molecule has 1 aromatic rings. The molecule has 5 nitrogen and oxygen atoms in total. The van der Waals surface area contributed by atoms with Crippen molar-refractivity contribution in [3.05, 3.63) is 33.9 Å². The van der Waals surface area contributed by atoms with Gasteiger partial charge >= 0.3 is 0 Å². The zero-order valence-electron chi connectivity index (χ0n) is 6.43. The number of fused-ring (bicyclic) bond motifs is 1. The van der Waals surface area contributed by atoms with E-state index in [9.17, 15) is 14.9 Å². The maximum absolute atomic E-state index is 11.0. The van der Waals surface area contributed by atoms with Crippen molar-refractivity contribution < 1.29 is 9.72 Å². The molecule has 2 rings (SSSR count). The average molecular weight is 176 g/mol. The molecule has 1 aliphatic heterocycles. The lowest BCUT2D eigenvalue weighted by Crippen LogP contribution is -1.94. The van der Waals surface area contributed by atoms with Crippen LogP contribution in [0.25, 0.3) is 0 Å². The Morgan fingerprint density at radius 1 is 1.38 bits per heavy atom. The Morgan fingerprint density at radius 3 is 2.85 bits per heavy atom. The van der Waals surface area contributed by atoms with Crippen molar-refractivity contribution in [2.75, 3.05) is 0 Å². The smallest absolute Gasteiger partial charge is 0.271 e. The van der Waals surface area contributed by atoms with Gasteiger partial charge in [0.15, 0.2) is 0 Å². The van der Waals surface area contributed by atoms with E-state index in [0.29, 0.717) is 11.3 Å². The lowest BCUT2D eigenvalue weighted by Gasteiger charge is -1.94. The van der Waals surface area contributed by atoms with E-state index >= 15 is 0 Å². The molecule has 13 heavy (non-hydrogen) atoms. The molecule has 0 saturated heterocycles. The summed E-state index contributed by atoms with van der Waals surface area (Å²) in [5.41, 5.74) is 0.746. The van der Waals surface area contributed by atoms with Gasteiger partial charge in [-0.15, -0.1) is 0 Å². The number of hydrogen-bond acceptors (Lipinski definition) is 4. The van der Waals surface area contributed by atoms with Crippen molar-refractivity contribution in [3.63, 3.8) is 0 Å². The van der Waals surface area contributed by atoms with Crippen molar-refractivity contribution in [2.45, 2.75) is 0 Å². The Balaban J connectivity index is 2.57. The zero-order chi connectivity index (χ0) is 9.42. The van der Waals surface area contributed by atoms with Gasteiger partial charge in [0.2, 0.25) is 5.78 Å². The zero-order valence-corrected chi connectivity index (χ0v) is 6.43. The third-order valence-electron chi connectivity index (χ3n) is 1.78. The van der Waals surface area contributed by atoms with Gasteiger partial charge in [-0.05, 0) is 6.07 Å². The second-order valence-corrected chi connectivity index (χ2v) is 2.58. The number of Topliss-reactive ketones (excluding diaryl/α,β-unsaturated/α-hetero) is 1. The molecule has 0 radical (unpaired) electrons. The fraction of sp³-hybridized carbons (Fsp3) is 0. The Morgan fingerprint density at radius 2 is 2.15 bits per heavy atom. The van der Waals surface area contributed by atoms with Crippen LogP contribution >= 0.6 is 0 Å². The Bertz CT molecular complexity index is 437. The SMILES string of the molecule is O=C1C=Nc2cc([N+](=O)[O-])ccc21. The molecule has 0 amide bonds. The van der Waals surface area contributed by atoms with E-state index in [1.54, 1.807) is 0 Å². The summed E-state index contributed by atoms with van der Waals surface area (Å²) >= 11 is 0. The monoisotopic (exact) mass is 176 g/mol. The Labute approximate surface area is 72.9 Å². The lowest BCUT2D eigenvalue weighted by atomic mass is 10.1. The molecule has 5 heteroatoms. The van der Waals surface area contributed by atoms with Crippen LogP contribution in [0.4, 0.5) is 11.4 Å². The molecule has 0 aromatic heterocycles. The summed E-state index contributed by atoms with van der Waals surface area (Å²) in [6.07, 6.45) is 1.16. The third kappa shape index (κ3) is 1.10. The highest BCUT2D eigenvalue weighted by Gasteiger charge is 2.18. The van der Waals surface area contributed by atoms with E-state index in [-0.39, 0.29) is 11.5 Å². The molecule has 0 fully saturated rings. The summed E-state index contributed by atoms with van der Waals surface area (Å²) < 4.78 is 0. The van der Waals surface area contributed by atoms with Gasteiger partial charge in [-0.1, -0.05) is 0 Å². The Hall–Kier alpha value is -2.04. The van der Waals surface area contributed by atoms with Gasteiger partial charge in [0.1, 0.15) is 0 Å². The van der Waals surface area contributed by atoms with E-state index in [2.05, 4.69) is 4.99 Å². The van der Waals surface area contributed by atoms with Crippen molar-refractivity contribution in [2.24, 2.45) is 4.99 Å². The maximum Gasteiger partial charge on any atom is 0.271 e. The average Bonchev–Trinajstić information content (AvgIpc) is 2.47. The number of benzene rings is 1. The first kappa shape index (κ1) is 7.60. The third-order valence-corrected chi connectivity index (χ3v) is 1.78. The van der Waals surface area contributed by atoms with Gasteiger partial charge in [-0.25, -0.2) is 0 Å². The van der Waals surface area contributed by atoms with Crippen LogP contribution < -0.4 is 0 Å². The van der Waals surface area contributed by atoms with Crippen molar-refractivity contribution in [3.8, 4) is 0 Å². The number of rotatable bonds is 1. The van der Waals surface area contributed by atoms with Crippen LogP contribution in [0.5, 0.6) is 0 Å². The number of ketones is 1. The van der Waals surface area contributed by atoms with Gasteiger partial charge in [0, 0.05) is 17.7 Å². The molecule has 1 aliphatic rings. The van der Waals surface area contributed by atoms with E-state index in [0.717, 1.165) is 6.21 Å². The van der Waals surface area contributed by atoms with Crippen LogP contribution in [0.1, 0.15) is 10.4 Å². The van der Waals surface area contributed by atoms with Crippen molar-refractivity contribution in [1.82, 2.24) is 0 Å². The first-order valence-corrected chi connectivity index (χ1v) is 3.55. The standard InChI is InChI=1S/C8H4N2O3/c11-8-4-9-7-3-5(10(12)13)1-2-6(7)8/h1-4H. The van der Waals surface area contributed by atoms with Gasteiger partial charge in [-0.2, -0.15) is 0 Å². The summed E-state index contributed by atoms with van der Waals surface area (Å²) in [5.74, 6) is -0.204. The van der Waals surface area contributed by atoms with E-state index in [1.165, 1.54) is 18.2 Å². The van der Waals surface area contributed by atoms with Crippen LogP contribution in [-0.2, 0) is 0 Å². The first-order chi connectivity index (χ1) is 6.18. The van der Waals surface area contributed by atoms with Crippen molar-refractivity contribution in [1.29, 1.82) is 0 Å². The number of nitro groups is 1. The second-order valence-electron chi connectivity index (χ2n) is 2.58. The summed E-state index contributed by atoms with van der Waals surface area (Å²) in [4.78, 5) is 24.6. The molecular weight excluding hydrogens is 172 g/mol. The number of aliphatic imine (C=N–C) groups is 1. The predicted octanol–water partition coefficient (Wildman–Crippen LogP) is 1.49. The number of carbonyl (C=O) groups is 1. The molecule has 0 spiro atoms. The number of carbonyl (C=O) groups excluding carboxylic acids is 1. The van der Waals surface area contributed by atoms with Crippen LogP contribution in [0, 0.1) is 10.1 Å². The second kappa shape index (κ2) is 2.48. The molecule has 0 N–H and O–H groups in total. The minimum atomic E-state index is -0.515. The van der Waals surface area contributed by atoms with Crippen LogP contribution in [-0.4, -0.2) is 16.9 Å². The van der Waals surface area contributed by atoms with E-state index in [1.807, 2.05) is 0 Å². The minimum Gasteiger partial charge on any atom is -0.287 e. The quantitative estimate of drug-likeness (QED) is 0.480. The number of nitrogens with zero attached hydrogens (tertiary/aromatic N) is 2. The van der Waals surface area contributed by atoms with Gasteiger partial charge in [0.25, 0.3) is 5.69 Å². The fourth-order valence-corrected chi connectivity index (χ4v) is 1.15. The number of non-ortho nitro benzene ring substituents is 1. The highest BCUT2D eigenvalue weighted by atomic mass is 16.6. The van der Waals surface area contributed by atoms with Gasteiger partial charge in [-0.3, -0.25) is 19.9 Å². The summed E-state index contributed by atoms with van der Waals surface area (Å²) in [7, 11) is 0. The maximum atomic E-state index is 11.0. The topological polar surface area (TPSA) is 72.6 Å². The molecule has 1 aromatic carbocycles. The predicted molar refractivity (Wildman–Crippen MR) is 45.6 cm³/mol. The first-order valence-electron chi connectivity index (χ1n) is 3.55. The minimum absolute atomic E-state index is 0.0504. The van der Waals surface area contributed by atoms with E-state index in [4.69, 9.17) is 0 Å². The van der Waals surface area contributed by atoms with Gasteiger partial charge in [0.05, 0.1) is 16.8 Å². The van der Waals surface area contributed by atoms with Crippen LogP contribution in [0.3, 0.4) is 0 Å². The van der Waals surface area contributed by atoms with Crippen LogP contribution in [0.15, 0.2) is 23.2 Å². The van der Waals surface area contributed by atoms with Crippen molar-refractivity contribution >= 4 is 23.4 Å². The number of nitro benzene ring substituents is 1. The highest BCUT2D eigenvalue weighted by molar-refractivity contribution is 6.40. The van der Waals surface area contributed by atoms with E-state index < -0.39 is 4.92 Å². The molecule has 0 unspecified atom stereocenters. The van der Waals surface area contributed by atoms with Crippen LogP contribution in [0.2, 0.25) is 0 Å². The summed E-state index contributed by atoms with van der Waals surface area (Å²) in [6, 6.07) is 4.00. The Kier molecular flexibility index (Phi) is 1.45. The summed E-state index contributed by atoms with van der Waals surface area (Å²) in [5, 5.41) is 10.4. The molecule has 0 aliphatic carbocycles. The fourth-order valence-electron chi connectivity index (χ4n) is 1.15. The molecule has 1 heterocycles. The summed E-state index contributed by atoms with van der Waals surface area (Å²) in [6.45, 7) is 0.